The zero-order valence-corrected chi connectivity index (χ0v) is 13.2. The Bertz CT molecular complexity index is 644. The van der Waals surface area contributed by atoms with E-state index in [1.165, 1.54) is 16.7 Å². The average Bonchev–Trinajstić information content (AvgIpc) is 2.42. The smallest absolute Gasteiger partial charge is 0.228 e. The summed E-state index contributed by atoms with van der Waals surface area (Å²) in [6.07, 6.45) is 0.415. The molecule has 0 saturated carbocycles. The van der Waals surface area contributed by atoms with Gasteiger partial charge in [-0.2, -0.15) is 0 Å². The number of para-hydroxylation sites is 1. The minimum Gasteiger partial charge on any atom is -0.326 e. The molecule has 2 aromatic carbocycles. The highest BCUT2D eigenvalue weighted by atomic mass is 16.1. The number of carbonyl (C=O) groups excluding carboxylic acids is 1. The first-order chi connectivity index (χ1) is 9.97. The summed E-state index contributed by atoms with van der Waals surface area (Å²) in [6.45, 7) is 8.39. The molecule has 0 heterocycles. The molecule has 0 aliphatic carbocycles. The van der Waals surface area contributed by atoms with E-state index in [0.717, 1.165) is 11.3 Å². The summed E-state index contributed by atoms with van der Waals surface area (Å²) in [5.41, 5.74) is 5.57. The summed E-state index contributed by atoms with van der Waals surface area (Å²) >= 11 is 0. The third-order valence-corrected chi connectivity index (χ3v) is 3.71. The average molecular weight is 281 g/mol. The fraction of sp³-hybridized carbons (Fsp3) is 0.316. The highest BCUT2D eigenvalue weighted by molar-refractivity contribution is 5.93. The van der Waals surface area contributed by atoms with Crippen molar-refractivity contribution in [2.75, 3.05) is 5.32 Å². The molecule has 0 aliphatic heterocycles. The number of nitrogens with one attached hydrogen (secondary N) is 1. The summed E-state index contributed by atoms with van der Waals surface area (Å²) in [4.78, 5) is 12.3. The van der Waals surface area contributed by atoms with Crippen LogP contribution in [0.25, 0.3) is 0 Å². The Labute approximate surface area is 127 Å². The van der Waals surface area contributed by atoms with Crippen LogP contribution in [0.5, 0.6) is 0 Å². The Kier molecular flexibility index (Phi) is 4.79. The van der Waals surface area contributed by atoms with Crippen LogP contribution in [0.1, 0.15) is 42.0 Å². The predicted molar refractivity (Wildman–Crippen MR) is 88.8 cm³/mol. The van der Waals surface area contributed by atoms with Gasteiger partial charge in [0.25, 0.3) is 0 Å². The number of rotatable bonds is 4. The van der Waals surface area contributed by atoms with E-state index in [0.29, 0.717) is 12.3 Å². The Hall–Kier alpha value is -2.09. The fourth-order valence-electron chi connectivity index (χ4n) is 2.53. The summed E-state index contributed by atoms with van der Waals surface area (Å²) in [5, 5.41) is 3.04. The normalized spacial score (nSPS) is 10.7. The monoisotopic (exact) mass is 281 g/mol. The lowest BCUT2D eigenvalue weighted by atomic mass is 10.0. The van der Waals surface area contributed by atoms with E-state index in [9.17, 15) is 4.79 Å². The van der Waals surface area contributed by atoms with Gasteiger partial charge in [0.15, 0.2) is 0 Å². The molecular weight excluding hydrogens is 258 g/mol. The van der Waals surface area contributed by atoms with E-state index in [4.69, 9.17) is 0 Å². The lowest BCUT2D eigenvalue weighted by molar-refractivity contribution is -0.115. The highest BCUT2D eigenvalue weighted by Crippen LogP contribution is 2.24. The molecule has 0 bridgehead atoms. The van der Waals surface area contributed by atoms with Crippen molar-refractivity contribution < 1.29 is 4.79 Å². The molecule has 0 fully saturated rings. The lowest BCUT2D eigenvalue weighted by Gasteiger charge is -2.14. The zero-order chi connectivity index (χ0) is 15.4. The molecule has 2 heteroatoms. The van der Waals surface area contributed by atoms with Gasteiger partial charge in [-0.05, 0) is 42.5 Å². The molecule has 2 aromatic rings. The standard InChI is InChI=1S/C19H23NO/c1-13(2)17-7-5-6-8-18(17)20-19(21)12-16-10-9-14(3)11-15(16)4/h5-11,13H,12H2,1-4H3,(H,20,21). The Morgan fingerprint density at radius 3 is 2.48 bits per heavy atom. The first kappa shape index (κ1) is 15.3. The van der Waals surface area contributed by atoms with Crippen molar-refractivity contribution in [3.8, 4) is 0 Å². The van der Waals surface area contributed by atoms with E-state index in [2.05, 4.69) is 51.2 Å². The van der Waals surface area contributed by atoms with Crippen molar-refractivity contribution >= 4 is 11.6 Å². The second-order valence-electron chi connectivity index (χ2n) is 5.90. The van der Waals surface area contributed by atoms with E-state index < -0.39 is 0 Å². The molecule has 21 heavy (non-hydrogen) atoms. The second-order valence-corrected chi connectivity index (χ2v) is 5.90. The molecule has 2 nitrogen and oxygen atoms in total. The zero-order valence-electron chi connectivity index (χ0n) is 13.2. The minimum atomic E-state index is 0.0371. The van der Waals surface area contributed by atoms with Crippen molar-refractivity contribution in [3.63, 3.8) is 0 Å². The number of anilines is 1. The van der Waals surface area contributed by atoms with Gasteiger partial charge in [-0.25, -0.2) is 0 Å². The molecule has 2 rings (SSSR count). The van der Waals surface area contributed by atoms with Gasteiger partial charge >= 0.3 is 0 Å². The molecule has 0 atom stereocenters. The molecular formula is C19H23NO. The van der Waals surface area contributed by atoms with Crippen LogP contribution in [-0.4, -0.2) is 5.91 Å². The van der Waals surface area contributed by atoms with Crippen LogP contribution >= 0.6 is 0 Å². The number of amides is 1. The molecule has 1 N–H and O–H groups in total. The maximum atomic E-state index is 12.3. The summed E-state index contributed by atoms with van der Waals surface area (Å²) in [7, 11) is 0. The SMILES string of the molecule is Cc1ccc(CC(=O)Nc2ccccc2C(C)C)c(C)c1. The highest BCUT2D eigenvalue weighted by Gasteiger charge is 2.10. The van der Waals surface area contributed by atoms with Gasteiger partial charge in [-0.1, -0.05) is 55.8 Å². The van der Waals surface area contributed by atoms with Crippen LogP contribution in [0, 0.1) is 13.8 Å². The summed E-state index contributed by atoms with van der Waals surface area (Å²) < 4.78 is 0. The predicted octanol–water partition coefficient (Wildman–Crippen LogP) is 4.61. The van der Waals surface area contributed by atoms with Gasteiger partial charge in [-0.3, -0.25) is 4.79 Å². The maximum absolute atomic E-state index is 12.3. The maximum Gasteiger partial charge on any atom is 0.228 e. The van der Waals surface area contributed by atoms with E-state index >= 15 is 0 Å². The third kappa shape index (κ3) is 3.94. The van der Waals surface area contributed by atoms with Crippen LogP contribution in [-0.2, 0) is 11.2 Å². The Balaban J connectivity index is 2.12. The quantitative estimate of drug-likeness (QED) is 0.871. The Morgan fingerprint density at radius 2 is 1.81 bits per heavy atom. The van der Waals surface area contributed by atoms with Gasteiger partial charge in [0, 0.05) is 5.69 Å². The molecule has 1 amide bonds. The fourth-order valence-corrected chi connectivity index (χ4v) is 2.53. The van der Waals surface area contributed by atoms with Crippen LogP contribution < -0.4 is 5.32 Å². The van der Waals surface area contributed by atoms with Crippen LogP contribution in [0.2, 0.25) is 0 Å². The first-order valence-electron chi connectivity index (χ1n) is 7.42. The van der Waals surface area contributed by atoms with Crippen LogP contribution in [0.4, 0.5) is 5.69 Å². The molecule has 110 valence electrons. The number of benzene rings is 2. The number of hydrogen-bond acceptors (Lipinski definition) is 1. The van der Waals surface area contributed by atoms with E-state index in [-0.39, 0.29) is 5.91 Å². The molecule has 0 aromatic heterocycles. The molecule has 0 aliphatic rings. The number of hydrogen-bond donors (Lipinski definition) is 1. The van der Waals surface area contributed by atoms with Gasteiger partial charge < -0.3 is 5.32 Å². The molecule has 0 radical (unpaired) electrons. The summed E-state index contributed by atoms with van der Waals surface area (Å²) in [6, 6.07) is 14.2. The van der Waals surface area contributed by atoms with Crippen molar-refractivity contribution in [1.29, 1.82) is 0 Å². The molecule has 0 spiro atoms. The number of aryl methyl sites for hydroxylation is 2. The van der Waals surface area contributed by atoms with Crippen molar-refractivity contribution in [1.82, 2.24) is 0 Å². The van der Waals surface area contributed by atoms with E-state index in [1.54, 1.807) is 0 Å². The number of carbonyl (C=O) groups is 1. The molecule has 0 unspecified atom stereocenters. The van der Waals surface area contributed by atoms with Crippen molar-refractivity contribution in [2.24, 2.45) is 0 Å². The van der Waals surface area contributed by atoms with Crippen LogP contribution in [0.15, 0.2) is 42.5 Å². The van der Waals surface area contributed by atoms with Gasteiger partial charge in [-0.15, -0.1) is 0 Å². The minimum absolute atomic E-state index is 0.0371. The van der Waals surface area contributed by atoms with E-state index in [1.807, 2.05) is 24.3 Å². The van der Waals surface area contributed by atoms with Gasteiger partial charge in [0.1, 0.15) is 0 Å². The van der Waals surface area contributed by atoms with Crippen molar-refractivity contribution in [2.45, 2.75) is 40.0 Å². The van der Waals surface area contributed by atoms with Crippen LogP contribution in [0.3, 0.4) is 0 Å². The Morgan fingerprint density at radius 1 is 1.10 bits per heavy atom. The molecule has 0 saturated heterocycles. The van der Waals surface area contributed by atoms with Gasteiger partial charge in [0.05, 0.1) is 6.42 Å². The largest absolute Gasteiger partial charge is 0.326 e. The summed E-state index contributed by atoms with van der Waals surface area (Å²) in [5.74, 6) is 0.428. The second kappa shape index (κ2) is 6.57. The topological polar surface area (TPSA) is 29.1 Å². The third-order valence-electron chi connectivity index (χ3n) is 3.71. The lowest BCUT2D eigenvalue weighted by Crippen LogP contribution is -2.16. The van der Waals surface area contributed by atoms with Crippen molar-refractivity contribution in [3.05, 3.63) is 64.7 Å². The first-order valence-corrected chi connectivity index (χ1v) is 7.42. The van der Waals surface area contributed by atoms with Gasteiger partial charge in [0.2, 0.25) is 5.91 Å².